The van der Waals surface area contributed by atoms with Gasteiger partial charge in [-0.25, -0.2) is 8.42 Å². The number of methoxy groups -OCH3 is 1. The molecule has 1 N–H and O–H groups in total. The molecule has 1 amide bonds. The number of sulfonamides is 1. The highest BCUT2D eigenvalue weighted by molar-refractivity contribution is 7.89. The number of carbonyl (C=O) groups is 1. The van der Waals surface area contributed by atoms with E-state index in [4.69, 9.17) is 4.74 Å². The van der Waals surface area contributed by atoms with E-state index >= 15 is 0 Å². The lowest BCUT2D eigenvalue weighted by molar-refractivity contribution is -0.119. The molecule has 3 rings (SSSR count). The first-order chi connectivity index (χ1) is 12.8. The van der Waals surface area contributed by atoms with Crippen LogP contribution in [-0.4, -0.2) is 38.3 Å². The molecule has 2 aromatic rings. The molecular formula is C20H24N2O4S. The Morgan fingerprint density at radius 1 is 1.15 bits per heavy atom. The van der Waals surface area contributed by atoms with E-state index in [0.717, 1.165) is 5.56 Å². The zero-order chi connectivity index (χ0) is 19.6. The summed E-state index contributed by atoms with van der Waals surface area (Å²) in [7, 11) is -2.31. The lowest BCUT2D eigenvalue weighted by atomic mass is 10.2. The van der Waals surface area contributed by atoms with Gasteiger partial charge in [0.1, 0.15) is 11.8 Å². The average Bonchev–Trinajstić information content (AvgIpc) is 3.15. The second kappa shape index (κ2) is 7.70. The van der Waals surface area contributed by atoms with Crippen LogP contribution in [0.4, 0.5) is 5.69 Å². The molecule has 0 spiro atoms. The molecule has 1 atom stereocenters. The van der Waals surface area contributed by atoms with Gasteiger partial charge < -0.3 is 10.1 Å². The molecular weight excluding hydrogens is 364 g/mol. The van der Waals surface area contributed by atoms with Gasteiger partial charge in [0, 0.05) is 18.3 Å². The predicted octanol–water partition coefficient (Wildman–Crippen LogP) is 3.10. The summed E-state index contributed by atoms with van der Waals surface area (Å²) in [5.74, 6) is 0.166. The third kappa shape index (κ3) is 3.99. The highest BCUT2D eigenvalue weighted by Crippen LogP contribution is 2.30. The van der Waals surface area contributed by atoms with Crippen molar-refractivity contribution in [3.05, 3.63) is 53.6 Å². The van der Waals surface area contributed by atoms with Gasteiger partial charge in [-0.15, -0.1) is 0 Å². The van der Waals surface area contributed by atoms with Crippen molar-refractivity contribution in [1.82, 2.24) is 4.31 Å². The SMILES string of the molecule is COc1ccc(C)c(S(=O)(=O)N2CCC[C@@H]2C(=O)Nc2ccc(C)cc2)c1. The Balaban J connectivity index is 1.86. The van der Waals surface area contributed by atoms with E-state index in [-0.39, 0.29) is 10.8 Å². The van der Waals surface area contributed by atoms with Crippen LogP contribution < -0.4 is 10.1 Å². The predicted molar refractivity (Wildman–Crippen MR) is 104 cm³/mol. The van der Waals surface area contributed by atoms with Gasteiger partial charge in [-0.3, -0.25) is 4.79 Å². The number of ether oxygens (including phenoxy) is 1. The smallest absolute Gasteiger partial charge is 0.244 e. The zero-order valence-electron chi connectivity index (χ0n) is 15.7. The number of nitrogens with one attached hydrogen (secondary N) is 1. The van der Waals surface area contributed by atoms with Gasteiger partial charge in [0.05, 0.1) is 12.0 Å². The van der Waals surface area contributed by atoms with E-state index in [9.17, 15) is 13.2 Å². The molecule has 2 aromatic carbocycles. The number of amides is 1. The Morgan fingerprint density at radius 3 is 2.52 bits per heavy atom. The first-order valence-corrected chi connectivity index (χ1v) is 10.3. The summed E-state index contributed by atoms with van der Waals surface area (Å²) in [6.07, 6.45) is 1.15. The molecule has 6 nitrogen and oxygen atoms in total. The number of anilines is 1. The van der Waals surface area contributed by atoms with Gasteiger partial charge in [0.25, 0.3) is 0 Å². The summed E-state index contributed by atoms with van der Waals surface area (Å²) < 4.78 is 32.9. The Hall–Kier alpha value is -2.38. The lowest BCUT2D eigenvalue weighted by Gasteiger charge is -2.24. The van der Waals surface area contributed by atoms with E-state index in [1.165, 1.54) is 17.5 Å². The minimum Gasteiger partial charge on any atom is -0.497 e. The molecule has 1 heterocycles. The van der Waals surface area contributed by atoms with E-state index in [0.29, 0.717) is 36.4 Å². The van der Waals surface area contributed by atoms with Gasteiger partial charge in [-0.2, -0.15) is 4.31 Å². The maximum absolute atomic E-state index is 13.2. The summed E-state index contributed by atoms with van der Waals surface area (Å²) >= 11 is 0. The molecule has 0 aliphatic carbocycles. The molecule has 144 valence electrons. The maximum atomic E-state index is 13.2. The Labute approximate surface area is 160 Å². The fourth-order valence-electron chi connectivity index (χ4n) is 3.26. The third-order valence-electron chi connectivity index (χ3n) is 4.81. The molecule has 1 fully saturated rings. The first kappa shape index (κ1) is 19.4. The van der Waals surface area contributed by atoms with Crippen LogP contribution in [0.3, 0.4) is 0 Å². The van der Waals surface area contributed by atoms with Crippen molar-refractivity contribution in [3.8, 4) is 5.75 Å². The second-order valence-electron chi connectivity index (χ2n) is 6.76. The molecule has 0 aromatic heterocycles. The summed E-state index contributed by atoms with van der Waals surface area (Å²) in [6.45, 7) is 4.03. The van der Waals surface area contributed by atoms with Crippen LogP contribution in [0.2, 0.25) is 0 Å². The summed E-state index contributed by atoms with van der Waals surface area (Å²) in [6, 6.07) is 11.7. The van der Waals surface area contributed by atoms with Crippen molar-refractivity contribution >= 4 is 21.6 Å². The zero-order valence-corrected chi connectivity index (χ0v) is 16.5. The van der Waals surface area contributed by atoms with E-state index in [2.05, 4.69) is 5.32 Å². The number of benzene rings is 2. The Kier molecular flexibility index (Phi) is 5.53. The number of hydrogen-bond donors (Lipinski definition) is 1. The first-order valence-electron chi connectivity index (χ1n) is 8.87. The van der Waals surface area contributed by atoms with Crippen molar-refractivity contribution in [1.29, 1.82) is 0 Å². The van der Waals surface area contributed by atoms with E-state index in [1.54, 1.807) is 19.1 Å². The second-order valence-corrected chi connectivity index (χ2v) is 8.62. The quantitative estimate of drug-likeness (QED) is 0.854. The van der Waals surface area contributed by atoms with Crippen molar-refractivity contribution in [2.75, 3.05) is 19.0 Å². The number of rotatable bonds is 5. The molecule has 27 heavy (non-hydrogen) atoms. The number of nitrogens with zero attached hydrogens (tertiary/aromatic N) is 1. The number of aryl methyl sites for hydroxylation is 2. The molecule has 1 aliphatic rings. The monoisotopic (exact) mass is 388 g/mol. The van der Waals surface area contributed by atoms with Crippen LogP contribution in [0.25, 0.3) is 0 Å². The van der Waals surface area contributed by atoms with Gasteiger partial charge in [0.15, 0.2) is 0 Å². The fraction of sp³-hybridized carbons (Fsp3) is 0.350. The normalized spacial score (nSPS) is 17.7. The topological polar surface area (TPSA) is 75.7 Å². The van der Waals surface area contributed by atoms with Crippen molar-refractivity contribution in [2.45, 2.75) is 37.6 Å². The van der Waals surface area contributed by atoms with Crippen LogP contribution in [0, 0.1) is 13.8 Å². The highest BCUT2D eigenvalue weighted by atomic mass is 32.2. The van der Waals surface area contributed by atoms with Crippen LogP contribution in [-0.2, 0) is 14.8 Å². The Morgan fingerprint density at radius 2 is 1.85 bits per heavy atom. The van der Waals surface area contributed by atoms with E-state index in [1.807, 2.05) is 31.2 Å². The molecule has 0 unspecified atom stereocenters. The molecule has 0 saturated carbocycles. The number of hydrogen-bond acceptors (Lipinski definition) is 4. The minimum absolute atomic E-state index is 0.178. The number of carbonyl (C=O) groups excluding carboxylic acids is 1. The highest BCUT2D eigenvalue weighted by Gasteiger charge is 2.40. The van der Waals surface area contributed by atoms with Crippen molar-refractivity contribution in [2.24, 2.45) is 0 Å². The van der Waals surface area contributed by atoms with Crippen molar-refractivity contribution < 1.29 is 17.9 Å². The van der Waals surface area contributed by atoms with Gasteiger partial charge in [0.2, 0.25) is 15.9 Å². The van der Waals surface area contributed by atoms with Gasteiger partial charge in [-0.1, -0.05) is 23.8 Å². The van der Waals surface area contributed by atoms with Gasteiger partial charge in [-0.05, 0) is 50.5 Å². The average molecular weight is 388 g/mol. The summed E-state index contributed by atoms with van der Waals surface area (Å²) in [4.78, 5) is 12.9. The molecule has 7 heteroatoms. The van der Waals surface area contributed by atoms with Crippen LogP contribution in [0.5, 0.6) is 5.75 Å². The Bertz CT molecular complexity index is 939. The summed E-state index contributed by atoms with van der Waals surface area (Å²) in [5.41, 5.74) is 2.37. The van der Waals surface area contributed by atoms with Crippen LogP contribution in [0.15, 0.2) is 47.4 Å². The molecule has 0 radical (unpaired) electrons. The third-order valence-corrected chi connectivity index (χ3v) is 6.86. The van der Waals surface area contributed by atoms with Crippen molar-refractivity contribution in [3.63, 3.8) is 0 Å². The van der Waals surface area contributed by atoms with Crippen LogP contribution >= 0.6 is 0 Å². The molecule has 0 bridgehead atoms. The molecule has 1 saturated heterocycles. The largest absolute Gasteiger partial charge is 0.497 e. The lowest BCUT2D eigenvalue weighted by Crippen LogP contribution is -2.43. The maximum Gasteiger partial charge on any atom is 0.244 e. The fourth-order valence-corrected chi connectivity index (χ4v) is 5.16. The van der Waals surface area contributed by atoms with Gasteiger partial charge >= 0.3 is 0 Å². The minimum atomic E-state index is -3.80. The van der Waals surface area contributed by atoms with E-state index < -0.39 is 16.1 Å². The summed E-state index contributed by atoms with van der Waals surface area (Å²) in [5, 5.41) is 2.83. The van der Waals surface area contributed by atoms with Crippen LogP contribution in [0.1, 0.15) is 24.0 Å². The molecule has 1 aliphatic heterocycles. The standard InChI is InChI=1S/C20H24N2O4S/c1-14-6-9-16(10-7-14)21-20(23)18-5-4-12-22(18)27(24,25)19-13-17(26-3)11-8-15(19)2/h6-11,13,18H,4-5,12H2,1-3H3,(H,21,23)/t18-/m1/s1.